The molecule has 0 aromatic heterocycles. The molecule has 0 aliphatic carbocycles. The molecule has 3 N–H and O–H groups in total. The highest BCUT2D eigenvalue weighted by atomic mass is 16.5. The van der Waals surface area contributed by atoms with E-state index in [2.05, 4.69) is 17.1 Å². The fourth-order valence-electron chi connectivity index (χ4n) is 2.22. The predicted octanol–water partition coefficient (Wildman–Crippen LogP) is -0.0493. The van der Waals surface area contributed by atoms with Crippen LogP contribution in [0.5, 0.6) is 0 Å². The Hall–Kier alpha value is -0.650. The van der Waals surface area contributed by atoms with Crippen LogP contribution < -0.4 is 11.1 Å². The van der Waals surface area contributed by atoms with Gasteiger partial charge in [-0.2, -0.15) is 0 Å². The number of rotatable bonds is 7. The van der Waals surface area contributed by atoms with Crippen molar-refractivity contribution in [3.8, 4) is 0 Å². The van der Waals surface area contributed by atoms with Gasteiger partial charge in [0.15, 0.2) is 0 Å². The third kappa shape index (κ3) is 6.00. The molecule has 100 valence electrons. The van der Waals surface area contributed by atoms with Crippen molar-refractivity contribution in [2.45, 2.75) is 38.8 Å². The zero-order valence-electron chi connectivity index (χ0n) is 10.9. The Morgan fingerprint density at radius 3 is 2.71 bits per heavy atom. The lowest BCUT2D eigenvalue weighted by molar-refractivity contribution is -0.119. The van der Waals surface area contributed by atoms with E-state index < -0.39 is 0 Å². The maximum Gasteiger partial charge on any atom is 0.231 e. The second-order valence-electron chi connectivity index (χ2n) is 4.74. The maximum atomic E-state index is 10.8. The van der Waals surface area contributed by atoms with Gasteiger partial charge >= 0.3 is 0 Å². The van der Waals surface area contributed by atoms with Gasteiger partial charge in [-0.1, -0.05) is 0 Å². The molecule has 0 bridgehead atoms. The summed E-state index contributed by atoms with van der Waals surface area (Å²) in [5.74, 6) is -0.235. The number of likely N-dealkylation sites (tertiary alicyclic amines) is 1. The standard InChI is InChI=1S/C12H25N3O2/c1-3-17-9-10(2)14-11-4-6-15(7-5-11)8-12(13)16/h10-11,14H,3-9H2,1-2H3,(H2,13,16). The molecule has 1 aliphatic heterocycles. The second-order valence-corrected chi connectivity index (χ2v) is 4.74. The molecule has 1 heterocycles. The number of carbonyl (C=O) groups is 1. The van der Waals surface area contributed by atoms with Crippen LogP contribution in [0.4, 0.5) is 0 Å². The highest BCUT2D eigenvalue weighted by molar-refractivity contribution is 5.75. The first-order valence-electron chi connectivity index (χ1n) is 6.46. The highest BCUT2D eigenvalue weighted by Crippen LogP contribution is 2.10. The number of hydrogen-bond acceptors (Lipinski definition) is 4. The lowest BCUT2D eigenvalue weighted by Crippen LogP contribution is -2.48. The minimum atomic E-state index is -0.235. The minimum absolute atomic E-state index is 0.235. The Morgan fingerprint density at radius 2 is 2.18 bits per heavy atom. The SMILES string of the molecule is CCOCC(C)NC1CCN(CC(N)=O)CC1. The first-order chi connectivity index (χ1) is 8.11. The monoisotopic (exact) mass is 243 g/mol. The number of nitrogens with zero attached hydrogens (tertiary/aromatic N) is 1. The van der Waals surface area contributed by atoms with Crippen LogP contribution in [-0.2, 0) is 9.53 Å². The topological polar surface area (TPSA) is 67.6 Å². The third-order valence-electron chi connectivity index (χ3n) is 3.06. The van der Waals surface area contributed by atoms with Crippen LogP contribution in [0, 0.1) is 0 Å². The van der Waals surface area contributed by atoms with E-state index in [0.29, 0.717) is 18.6 Å². The molecule has 1 atom stereocenters. The van der Waals surface area contributed by atoms with Crippen molar-refractivity contribution in [2.75, 3.05) is 32.8 Å². The van der Waals surface area contributed by atoms with Gasteiger partial charge in [-0.3, -0.25) is 9.69 Å². The normalized spacial score (nSPS) is 20.4. The molecular weight excluding hydrogens is 218 g/mol. The number of carbonyl (C=O) groups excluding carboxylic acids is 1. The summed E-state index contributed by atoms with van der Waals surface area (Å²) in [7, 11) is 0. The van der Waals surface area contributed by atoms with Crippen molar-refractivity contribution in [3.63, 3.8) is 0 Å². The number of nitrogens with one attached hydrogen (secondary N) is 1. The maximum absolute atomic E-state index is 10.8. The highest BCUT2D eigenvalue weighted by Gasteiger charge is 2.20. The molecule has 0 spiro atoms. The molecule has 5 heteroatoms. The van der Waals surface area contributed by atoms with Crippen LogP contribution in [0.1, 0.15) is 26.7 Å². The van der Waals surface area contributed by atoms with Gasteiger partial charge in [0.2, 0.25) is 5.91 Å². The lowest BCUT2D eigenvalue weighted by atomic mass is 10.0. The quantitative estimate of drug-likeness (QED) is 0.658. The van der Waals surface area contributed by atoms with Gasteiger partial charge in [0.1, 0.15) is 0 Å². The molecular formula is C12H25N3O2. The van der Waals surface area contributed by atoms with E-state index in [0.717, 1.165) is 39.1 Å². The van der Waals surface area contributed by atoms with Gasteiger partial charge in [0, 0.05) is 31.8 Å². The molecule has 1 saturated heterocycles. The molecule has 0 aromatic carbocycles. The number of hydrogen-bond donors (Lipinski definition) is 2. The number of amides is 1. The zero-order chi connectivity index (χ0) is 12.7. The third-order valence-corrected chi connectivity index (χ3v) is 3.06. The van der Waals surface area contributed by atoms with E-state index in [1.165, 1.54) is 0 Å². The van der Waals surface area contributed by atoms with E-state index in [4.69, 9.17) is 10.5 Å². The summed E-state index contributed by atoms with van der Waals surface area (Å²) in [4.78, 5) is 12.9. The number of piperidine rings is 1. The Labute approximate surface area is 104 Å². The van der Waals surface area contributed by atoms with Crippen molar-refractivity contribution in [1.82, 2.24) is 10.2 Å². The van der Waals surface area contributed by atoms with Gasteiger partial charge in [-0.05, 0) is 26.7 Å². The summed E-state index contributed by atoms with van der Waals surface area (Å²) < 4.78 is 5.38. The fourth-order valence-corrected chi connectivity index (χ4v) is 2.22. The van der Waals surface area contributed by atoms with E-state index in [-0.39, 0.29) is 5.91 Å². The Kier molecular flexibility index (Phi) is 6.47. The molecule has 1 rings (SSSR count). The first kappa shape index (κ1) is 14.4. The molecule has 0 aromatic rings. The van der Waals surface area contributed by atoms with Crippen molar-refractivity contribution in [3.05, 3.63) is 0 Å². The summed E-state index contributed by atoms with van der Waals surface area (Å²) in [6.45, 7) is 7.96. The average molecular weight is 243 g/mol. The van der Waals surface area contributed by atoms with Gasteiger partial charge in [-0.15, -0.1) is 0 Å². The summed E-state index contributed by atoms with van der Waals surface area (Å²) >= 11 is 0. The summed E-state index contributed by atoms with van der Waals surface area (Å²) in [5.41, 5.74) is 5.18. The van der Waals surface area contributed by atoms with Crippen LogP contribution in [0.2, 0.25) is 0 Å². The van der Waals surface area contributed by atoms with Crippen LogP contribution in [0.15, 0.2) is 0 Å². The Balaban J connectivity index is 2.16. The minimum Gasteiger partial charge on any atom is -0.380 e. The van der Waals surface area contributed by atoms with Crippen LogP contribution in [0.3, 0.4) is 0 Å². The van der Waals surface area contributed by atoms with E-state index in [1.807, 2.05) is 6.92 Å². The summed E-state index contributed by atoms with van der Waals surface area (Å²) in [6, 6.07) is 0.928. The number of nitrogens with two attached hydrogens (primary N) is 1. The average Bonchev–Trinajstić information content (AvgIpc) is 2.28. The van der Waals surface area contributed by atoms with Crippen molar-refractivity contribution in [2.24, 2.45) is 5.73 Å². The zero-order valence-corrected chi connectivity index (χ0v) is 10.9. The summed E-state index contributed by atoms with van der Waals surface area (Å²) in [6.07, 6.45) is 2.15. The fraction of sp³-hybridized carbons (Fsp3) is 0.917. The van der Waals surface area contributed by atoms with Crippen molar-refractivity contribution >= 4 is 5.91 Å². The van der Waals surface area contributed by atoms with Crippen molar-refractivity contribution < 1.29 is 9.53 Å². The van der Waals surface area contributed by atoms with Crippen LogP contribution in [-0.4, -0.2) is 55.7 Å². The number of ether oxygens (including phenoxy) is 1. The van der Waals surface area contributed by atoms with E-state index in [1.54, 1.807) is 0 Å². The molecule has 1 unspecified atom stereocenters. The van der Waals surface area contributed by atoms with Gasteiger partial charge in [-0.25, -0.2) is 0 Å². The molecule has 0 radical (unpaired) electrons. The van der Waals surface area contributed by atoms with Crippen molar-refractivity contribution in [1.29, 1.82) is 0 Å². The molecule has 5 nitrogen and oxygen atoms in total. The van der Waals surface area contributed by atoms with Gasteiger partial charge < -0.3 is 15.8 Å². The molecule has 1 fully saturated rings. The molecule has 17 heavy (non-hydrogen) atoms. The van der Waals surface area contributed by atoms with E-state index in [9.17, 15) is 4.79 Å². The smallest absolute Gasteiger partial charge is 0.231 e. The second kappa shape index (κ2) is 7.63. The molecule has 1 amide bonds. The largest absolute Gasteiger partial charge is 0.380 e. The van der Waals surface area contributed by atoms with Gasteiger partial charge in [0.25, 0.3) is 0 Å². The Bertz CT molecular complexity index is 228. The molecule has 0 saturated carbocycles. The van der Waals surface area contributed by atoms with Crippen LogP contribution in [0.25, 0.3) is 0 Å². The van der Waals surface area contributed by atoms with Gasteiger partial charge in [0.05, 0.1) is 13.2 Å². The van der Waals surface area contributed by atoms with Crippen LogP contribution >= 0.6 is 0 Å². The summed E-state index contributed by atoms with van der Waals surface area (Å²) in [5, 5.41) is 3.56. The Morgan fingerprint density at radius 1 is 1.53 bits per heavy atom. The predicted molar refractivity (Wildman–Crippen MR) is 67.7 cm³/mol. The lowest BCUT2D eigenvalue weighted by Gasteiger charge is -2.33. The number of primary amides is 1. The first-order valence-corrected chi connectivity index (χ1v) is 6.46. The molecule has 1 aliphatic rings. The van der Waals surface area contributed by atoms with E-state index >= 15 is 0 Å².